The molecule has 21 heavy (non-hydrogen) atoms. The van der Waals surface area contributed by atoms with Gasteiger partial charge in [-0.15, -0.1) is 0 Å². The van der Waals surface area contributed by atoms with Crippen molar-refractivity contribution in [1.82, 2.24) is 9.78 Å². The van der Waals surface area contributed by atoms with E-state index < -0.39 is 0 Å². The van der Waals surface area contributed by atoms with Gasteiger partial charge in [-0.25, -0.2) is 0 Å². The number of nitrogens with zero attached hydrogens (tertiary/aromatic N) is 2. The Morgan fingerprint density at radius 3 is 2.95 bits per heavy atom. The lowest BCUT2D eigenvalue weighted by Gasteiger charge is -2.07. The number of carbonyl (C=O) groups is 1. The molecule has 0 unspecified atom stereocenters. The van der Waals surface area contributed by atoms with Crippen molar-refractivity contribution >= 4 is 21.9 Å². The van der Waals surface area contributed by atoms with Crippen LogP contribution >= 0.6 is 15.9 Å². The zero-order valence-electron chi connectivity index (χ0n) is 11.6. The summed E-state index contributed by atoms with van der Waals surface area (Å²) in [6.45, 7) is 1.41. The van der Waals surface area contributed by atoms with Crippen molar-refractivity contribution in [2.75, 3.05) is 13.2 Å². The van der Waals surface area contributed by atoms with Crippen LogP contribution in [-0.2, 0) is 16.1 Å². The molecule has 0 fully saturated rings. The van der Waals surface area contributed by atoms with Crippen molar-refractivity contribution in [3.05, 3.63) is 47.2 Å². The molecule has 1 aromatic heterocycles. The van der Waals surface area contributed by atoms with E-state index in [1.807, 2.05) is 36.5 Å². The number of esters is 1. The number of halogens is 1. The first kappa shape index (κ1) is 15.6. The third-order valence-corrected chi connectivity index (χ3v) is 3.23. The van der Waals surface area contributed by atoms with Crippen LogP contribution in [0.4, 0.5) is 0 Å². The van der Waals surface area contributed by atoms with E-state index >= 15 is 0 Å². The van der Waals surface area contributed by atoms with Crippen molar-refractivity contribution in [2.45, 2.75) is 19.4 Å². The molecular weight excluding hydrogens is 336 g/mol. The van der Waals surface area contributed by atoms with Crippen LogP contribution in [0.25, 0.3) is 0 Å². The maximum Gasteiger partial charge on any atom is 0.305 e. The highest BCUT2D eigenvalue weighted by Crippen LogP contribution is 2.17. The van der Waals surface area contributed by atoms with Crippen LogP contribution in [0, 0.1) is 0 Å². The number of hydrogen-bond donors (Lipinski definition) is 0. The highest BCUT2D eigenvalue weighted by atomic mass is 79.9. The van der Waals surface area contributed by atoms with Gasteiger partial charge >= 0.3 is 5.97 Å². The fourth-order valence-electron chi connectivity index (χ4n) is 1.72. The molecule has 0 N–H and O–H groups in total. The van der Waals surface area contributed by atoms with E-state index in [-0.39, 0.29) is 5.97 Å². The number of rotatable bonds is 8. The summed E-state index contributed by atoms with van der Waals surface area (Å²) in [5, 5.41) is 4.03. The van der Waals surface area contributed by atoms with Crippen molar-refractivity contribution in [1.29, 1.82) is 0 Å². The minimum Gasteiger partial charge on any atom is -0.494 e. The summed E-state index contributed by atoms with van der Waals surface area (Å²) in [5.41, 5.74) is 0. The van der Waals surface area contributed by atoms with Crippen molar-refractivity contribution in [3.8, 4) is 5.75 Å². The molecule has 1 heterocycles. The SMILES string of the molecule is O=C(CCCOc1cccc(Br)c1)OCCn1cccn1. The molecule has 0 aliphatic carbocycles. The van der Waals surface area contributed by atoms with Crippen molar-refractivity contribution in [3.63, 3.8) is 0 Å². The molecule has 0 amide bonds. The first-order chi connectivity index (χ1) is 10.2. The molecule has 5 nitrogen and oxygen atoms in total. The van der Waals surface area contributed by atoms with Gasteiger partial charge in [0.2, 0.25) is 0 Å². The van der Waals surface area contributed by atoms with E-state index in [0.717, 1.165) is 10.2 Å². The first-order valence-corrected chi connectivity index (χ1v) is 7.55. The summed E-state index contributed by atoms with van der Waals surface area (Å²) in [6.07, 6.45) is 4.51. The summed E-state index contributed by atoms with van der Waals surface area (Å²) >= 11 is 3.38. The second-order valence-corrected chi connectivity index (χ2v) is 5.31. The average Bonchev–Trinajstić information content (AvgIpc) is 2.97. The molecule has 0 atom stereocenters. The zero-order chi connectivity index (χ0) is 14.9. The Bertz CT molecular complexity index is 558. The molecule has 6 heteroatoms. The quantitative estimate of drug-likeness (QED) is 0.541. The Kier molecular flexibility index (Phi) is 6.27. The van der Waals surface area contributed by atoms with E-state index in [4.69, 9.17) is 9.47 Å². The second-order valence-electron chi connectivity index (χ2n) is 4.40. The van der Waals surface area contributed by atoms with Gasteiger partial charge in [-0.1, -0.05) is 22.0 Å². The number of aromatic nitrogens is 2. The van der Waals surface area contributed by atoms with E-state index in [1.165, 1.54) is 0 Å². The number of benzene rings is 1. The molecule has 0 saturated heterocycles. The van der Waals surface area contributed by atoms with Crippen LogP contribution in [0.2, 0.25) is 0 Å². The Labute approximate surface area is 132 Å². The fraction of sp³-hybridized carbons (Fsp3) is 0.333. The molecule has 0 saturated carbocycles. The topological polar surface area (TPSA) is 53.4 Å². The second kappa shape index (κ2) is 8.46. The Hall–Kier alpha value is -1.82. The molecular formula is C15H17BrN2O3. The Morgan fingerprint density at radius 2 is 2.19 bits per heavy atom. The van der Waals surface area contributed by atoms with Gasteiger partial charge in [-0.3, -0.25) is 9.48 Å². The van der Waals surface area contributed by atoms with Gasteiger partial charge in [-0.05, 0) is 30.7 Å². The monoisotopic (exact) mass is 352 g/mol. The van der Waals surface area contributed by atoms with Gasteiger partial charge in [0.1, 0.15) is 12.4 Å². The minimum atomic E-state index is -0.208. The van der Waals surface area contributed by atoms with Crippen LogP contribution < -0.4 is 4.74 Å². The van der Waals surface area contributed by atoms with E-state index in [0.29, 0.717) is 32.6 Å². The van der Waals surface area contributed by atoms with Gasteiger partial charge in [0.15, 0.2) is 0 Å². The molecule has 0 spiro atoms. The molecule has 0 bridgehead atoms. The molecule has 2 rings (SSSR count). The van der Waals surface area contributed by atoms with Gasteiger partial charge in [-0.2, -0.15) is 5.10 Å². The highest BCUT2D eigenvalue weighted by Gasteiger charge is 2.03. The molecule has 0 aliphatic heterocycles. The summed E-state index contributed by atoms with van der Waals surface area (Å²) in [6, 6.07) is 9.45. The average molecular weight is 353 g/mol. The molecule has 112 valence electrons. The van der Waals surface area contributed by atoms with Crippen LogP contribution in [0.1, 0.15) is 12.8 Å². The first-order valence-electron chi connectivity index (χ1n) is 6.75. The van der Waals surface area contributed by atoms with Gasteiger partial charge in [0.25, 0.3) is 0 Å². The molecule has 2 aromatic rings. The number of carbonyl (C=O) groups excluding carboxylic acids is 1. The minimum absolute atomic E-state index is 0.208. The van der Waals surface area contributed by atoms with Crippen LogP contribution in [0.3, 0.4) is 0 Å². The molecule has 1 aromatic carbocycles. The standard InChI is InChI=1S/C15H17BrN2O3/c16-13-4-1-5-14(12-13)20-10-2-6-15(19)21-11-9-18-8-3-7-17-18/h1,3-5,7-8,12H,2,6,9-11H2. The van der Waals surface area contributed by atoms with E-state index in [9.17, 15) is 4.79 Å². The Balaban J connectivity index is 1.55. The fourth-order valence-corrected chi connectivity index (χ4v) is 2.10. The predicted molar refractivity (Wildman–Crippen MR) is 82.1 cm³/mol. The zero-order valence-corrected chi connectivity index (χ0v) is 13.2. The van der Waals surface area contributed by atoms with E-state index in [1.54, 1.807) is 10.9 Å². The highest BCUT2D eigenvalue weighted by molar-refractivity contribution is 9.10. The summed E-state index contributed by atoms with van der Waals surface area (Å²) in [5.74, 6) is 0.580. The molecule has 0 radical (unpaired) electrons. The third kappa shape index (κ3) is 5.99. The van der Waals surface area contributed by atoms with Crippen LogP contribution in [0.5, 0.6) is 5.75 Å². The van der Waals surface area contributed by atoms with E-state index in [2.05, 4.69) is 21.0 Å². The summed E-state index contributed by atoms with van der Waals surface area (Å²) < 4.78 is 13.4. The lowest BCUT2D eigenvalue weighted by molar-refractivity contribution is -0.144. The largest absolute Gasteiger partial charge is 0.494 e. The summed E-state index contributed by atoms with van der Waals surface area (Å²) in [7, 11) is 0. The predicted octanol–water partition coefficient (Wildman–Crippen LogP) is 3.05. The maximum absolute atomic E-state index is 11.5. The maximum atomic E-state index is 11.5. The normalized spacial score (nSPS) is 10.3. The van der Waals surface area contributed by atoms with Crippen molar-refractivity contribution < 1.29 is 14.3 Å². The number of ether oxygens (including phenoxy) is 2. The van der Waals surface area contributed by atoms with Gasteiger partial charge in [0, 0.05) is 23.3 Å². The van der Waals surface area contributed by atoms with Crippen LogP contribution in [0.15, 0.2) is 47.2 Å². The van der Waals surface area contributed by atoms with Gasteiger partial charge < -0.3 is 9.47 Å². The van der Waals surface area contributed by atoms with Crippen LogP contribution in [-0.4, -0.2) is 29.0 Å². The lowest BCUT2D eigenvalue weighted by atomic mass is 10.3. The van der Waals surface area contributed by atoms with Crippen molar-refractivity contribution in [2.24, 2.45) is 0 Å². The number of hydrogen-bond acceptors (Lipinski definition) is 4. The van der Waals surface area contributed by atoms with Gasteiger partial charge in [0.05, 0.1) is 13.2 Å². The lowest BCUT2D eigenvalue weighted by Crippen LogP contribution is -2.12. The molecule has 0 aliphatic rings. The Morgan fingerprint density at radius 1 is 1.29 bits per heavy atom. The third-order valence-electron chi connectivity index (χ3n) is 2.73. The smallest absolute Gasteiger partial charge is 0.305 e. The summed E-state index contributed by atoms with van der Waals surface area (Å²) in [4.78, 5) is 11.5.